The maximum atomic E-state index is 13.8. The molecule has 4 N–H and O–H groups in total. The van der Waals surface area contributed by atoms with E-state index in [0.717, 1.165) is 0 Å². The largest absolute Gasteiger partial charge is 0.497 e. The van der Waals surface area contributed by atoms with Crippen molar-refractivity contribution in [3.05, 3.63) is 54.1 Å². The summed E-state index contributed by atoms with van der Waals surface area (Å²) >= 11 is 0. The van der Waals surface area contributed by atoms with Gasteiger partial charge in [0.05, 0.1) is 56.5 Å². The van der Waals surface area contributed by atoms with Gasteiger partial charge in [-0.05, 0) is 74.6 Å². The van der Waals surface area contributed by atoms with Crippen LogP contribution in [0.5, 0.6) is 11.5 Å². The van der Waals surface area contributed by atoms with E-state index in [2.05, 4.69) is 5.32 Å². The molecule has 0 saturated carbocycles. The van der Waals surface area contributed by atoms with Gasteiger partial charge in [0.25, 0.3) is 0 Å². The molecular formula is C36H53N2O16PS. The van der Waals surface area contributed by atoms with Crippen LogP contribution in [0.1, 0.15) is 46.1 Å². The molecule has 0 aliphatic carbocycles. The maximum Gasteiger partial charge on any atom is 0.407 e. The van der Waals surface area contributed by atoms with E-state index in [-0.39, 0.29) is 62.4 Å². The predicted octanol–water partition coefficient (Wildman–Crippen LogP) is 3.95. The zero-order chi connectivity index (χ0) is 41.5. The van der Waals surface area contributed by atoms with Crippen molar-refractivity contribution < 1.29 is 75.4 Å². The van der Waals surface area contributed by atoms with Gasteiger partial charge >= 0.3 is 25.6 Å². The molecular weight excluding hydrogens is 779 g/mol. The smallest absolute Gasteiger partial charge is 0.407 e. The highest BCUT2D eigenvalue weighted by Gasteiger charge is 2.44. The van der Waals surface area contributed by atoms with Crippen LogP contribution in [0.3, 0.4) is 0 Å². The van der Waals surface area contributed by atoms with Gasteiger partial charge < -0.3 is 53.4 Å². The van der Waals surface area contributed by atoms with Gasteiger partial charge in [0.2, 0.25) is 10.0 Å². The maximum absolute atomic E-state index is 13.8. The van der Waals surface area contributed by atoms with Crippen molar-refractivity contribution in [1.29, 1.82) is 0 Å². The molecule has 0 aromatic heterocycles. The Morgan fingerprint density at radius 2 is 1.55 bits per heavy atom. The van der Waals surface area contributed by atoms with Gasteiger partial charge in [-0.15, -0.1) is 0 Å². The van der Waals surface area contributed by atoms with E-state index >= 15 is 0 Å². The molecule has 18 nitrogen and oxygen atoms in total. The van der Waals surface area contributed by atoms with Gasteiger partial charge in [-0.3, -0.25) is 14.2 Å². The van der Waals surface area contributed by atoms with Gasteiger partial charge in [0.1, 0.15) is 24.0 Å². The number of aliphatic hydroxyl groups is 1. The monoisotopic (exact) mass is 832 g/mol. The number of alkyl carbamates (subject to hydrolysis) is 1. The highest BCUT2D eigenvalue weighted by molar-refractivity contribution is 7.89. The molecule has 314 valence electrons. The fourth-order valence-electron chi connectivity index (χ4n) is 5.83. The summed E-state index contributed by atoms with van der Waals surface area (Å²) in [6.45, 7) is 8.14. The average Bonchev–Trinajstić information content (AvgIpc) is 3.76. The summed E-state index contributed by atoms with van der Waals surface area (Å²) in [5, 5.41) is 29.8. The van der Waals surface area contributed by atoms with Crippen molar-refractivity contribution in [3.63, 3.8) is 0 Å². The second-order valence-electron chi connectivity index (χ2n) is 13.2. The van der Waals surface area contributed by atoms with Crippen LogP contribution in [0.25, 0.3) is 0 Å². The number of methoxy groups -OCH3 is 1. The van der Waals surface area contributed by atoms with Crippen LogP contribution in [-0.2, 0) is 53.9 Å². The Balaban J connectivity index is 0.00000109. The summed E-state index contributed by atoms with van der Waals surface area (Å²) in [5.41, 5.74) is 0.705. The van der Waals surface area contributed by atoms with Crippen molar-refractivity contribution in [1.82, 2.24) is 9.62 Å². The number of aliphatic hydroxyl groups excluding tert-OH is 1. The number of nitrogens with zero attached hydrogens (tertiary/aromatic N) is 1. The lowest BCUT2D eigenvalue weighted by molar-refractivity contribution is -0.147. The number of fused-ring (bicyclic) bond motifs is 1. The second-order valence-corrected chi connectivity index (χ2v) is 17.1. The molecule has 0 spiro atoms. The number of hydrogen-bond donors (Lipinski definition) is 4. The summed E-state index contributed by atoms with van der Waals surface area (Å²) in [6, 6.07) is 11.9. The first-order valence-corrected chi connectivity index (χ1v) is 21.2. The number of hydrogen-bond acceptors (Lipinski definition) is 14. The Morgan fingerprint density at radius 1 is 0.946 bits per heavy atom. The van der Waals surface area contributed by atoms with Crippen LogP contribution in [0.15, 0.2) is 53.4 Å². The number of carbonyl (C=O) groups is 3. The number of amides is 1. The third-order valence-corrected chi connectivity index (χ3v) is 12.0. The van der Waals surface area contributed by atoms with Crippen LogP contribution in [0.4, 0.5) is 4.79 Å². The van der Waals surface area contributed by atoms with Gasteiger partial charge in [-0.2, -0.15) is 4.31 Å². The topological polar surface area (TPSA) is 243 Å². The van der Waals surface area contributed by atoms with Crippen LogP contribution >= 0.6 is 7.60 Å². The summed E-state index contributed by atoms with van der Waals surface area (Å²) in [5.74, 6) is -1.85. The van der Waals surface area contributed by atoms with Crippen molar-refractivity contribution in [2.75, 3.05) is 53.0 Å². The SMILES string of the molecule is CCOP(=O)(COc1ccc(C[C@H](NC(=O)OC2CO[C@H]3OCC[C@@H]23)[C@H](O)CN(CC(C)C)S(=O)(=O)c2ccc(OC)cc2)cc1)OCC.O=C(O)CC(=O)O. The lowest BCUT2D eigenvalue weighted by Crippen LogP contribution is -2.51. The minimum atomic E-state index is -4.03. The van der Waals surface area contributed by atoms with Gasteiger partial charge in [0, 0.05) is 13.1 Å². The molecule has 2 aromatic rings. The number of benzene rings is 2. The average molecular weight is 833 g/mol. The number of aliphatic carboxylic acids is 2. The van der Waals surface area contributed by atoms with Crippen LogP contribution in [0, 0.1) is 11.8 Å². The molecule has 2 aliphatic rings. The van der Waals surface area contributed by atoms with E-state index in [1.807, 2.05) is 13.8 Å². The van der Waals surface area contributed by atoms with E-state index in [1.54, 1.807) is 50.2 Å². The Labute approximate surface area is 326 Å². The Bertz CT molecular complexity index is 1690. The summed E-state index contributed by atoms with van der Waals surface area (Å²) < 4.78 is 79.8. The zero-order valence-electron chi connectivity index (χ0n) is 32.1. The lowest BCUT2D eigenvalue weighted by atomic mass is 10.0. The number of carboxylic acid groups (broad SMARTS) is 2. The van der Waals surface area contributed by atoms with Crippen molar-refractivity contribution >= 4 is 35.7 Å². The number of nitrogens with one attached hydrogen (secondary N) is 1. The normalized spacial score (nSPS) is 19.0. The first kappa shape index (κ1) is 46.6. The van der Waals surface area contributed by atoms with Gasteiger partial charge in [0.15, 0.2) is 12.6 Å². The minimum absolute atomic E-state index is 0.0495. The van der Waals surface area contributed by atoms with E-state index < -0.39 is 66.6 Å². The quantitative estimate of drug-likeness (QED) is 0.103. The molecule has 2 fully saturated rings. The molecule has 4 rings (SSSR count). The molecule has 20 heteroatoms. The molecule has 56 heavy (non-hydrogen) atoms. The lowest BCUT2D eigenvalue weighted by Gasteiger charge is -2.31. The standard InChI is InChI=1S/C33H49N2O12PS.C3H4O4/c1-6-45-48(38,46-7-2)22-44-26-10-8-24(9-11-26)18-29(34-33(37)47-31-21-43-32-28(31)16-17-42-32)30(36)20-35(19-23(3)4)49(39,40)27-14-12-25(41-5)13-15-27;4-2(5)1-3(6)7/h8-15,23,28-32,36H,6-7,16-22H2,1-5H3,(H,34,37);1H2,(H,4,5)(H,6,7)/t28-,29-,30+,31?,32+;/m0./s1. The van der Waals surface area contributed by atoms with Crippen LogP contribution < -0.4 is 14.8 Å². The third kappa shape index (κ3) is 14.6. The number of carboxylic acids is 2. The summed E-state index contributed by atoms with van der Waals surface area (Å²) in [7, 11) is -5.96. The number of carbonyl (C=O) groups excluding carboxylic acids is 1. The Kier molecular flexibility index (Phi) is 18.5. The Hall–Kier alpha value is -3.81. The third-order valence-electron chi connectivity index (χ3n) is 8.39. The molecule has 2 saturated heterocycles. The molecule has 1 amide bonds. The van der Waals surface area contributed by atoms with E-state index in [9.17, 15) is 32.5 Å². The van der Waals surface area contributed by atoms with Crippen molar-refractivity contribution in [2.45, 2.75) is 76.4 Å². The number of rotatable bonds is 21. The van der Waals surface area contributed by atoms with E-state index in [0.29, 0.717) is 30.1 Å². The van der Waals surface area contributed by atoms with E-state index in [1.165, 1.54) is 23.5 Å². The second kappa shape index (κ2) is 22.2. The van der Waals surface area contributed by atoms with Crippen LogP contribution in [-0.4, -0.2) is 124 Å². The zero-order valence-corrected chi connectivity index (χ0v) is 33.8. The predicted molar refractivity (Wildman–Crippen MR) is 200 cm³/mol. The Morgan fingerprint density at radius 3 is 2.09 bits per heavy atom. The highest BCUT2D eigenvalue weighted by atomic mass is 32.2. The minimum Gasteiger partial charge on any atom is -0.497 e. The molecule has 0 radical (unpaired) electrons. The van der Waals surface area contributed by atoms with E-state index in [4.69, 9.17) is 42.9 Å². The number of ether oxygens (including phenoxy) is 5. The summed E-state index contributed by atoms with van der Waals surface area (Å²) in [4.78, 5) is 32.1. The van der Waals surface area contributed by atoms with Gasteiger partial charge in [-0.1, -0.05) is 26.0 Å². The molecule has 2 aromatic carbocycles. The molecule has 5 atom stereocenters. The first-order valence-electron chi connectivity index (χ1n) is 18.1. The van der Waals surface area contributed by atoms with Crippen molar-refractivity contribution in [2.24, 2.45) is 11.8 Å². The highest BCUT2D eigenvalue weighted by Crippen LogP contribution is 2.47. The number of sulfonamides is 1. The molecule has 2 aliphatic heterocycles. The fraction of sp³-hybridized carbons (Fsp3) is 0.583. The first-order chi connectivity index (χ1) is 26.5. The summed E-state index contributed by atoms with van der Waals surface area (Å²) in [6.07, 6.45) is -3.28. The van der Waals surface area contributed by atoms with Crippen LogP contribution in [0.2, 0.25) is 0 Å². The molecule has 0 bridgehead atoms. The van der Waals surface area contributed by atoms with Crippen molar-refractivity contribution in [3.8, 4) is 11.5 Å². The van der Waals surface area contributed by atoms with Gasteiger partial charge in [-0.25, -0.2) is 13.2 Å². The molecule has 2 heterocycles. The molecule has 1 unspecified atom stereocenters. The fourth-order valence-corrected chi connectivity index (χ4v) is 8.77.